The normalized spacial score (nSPS) is 10.8. The Kier molecular flexibility index (Phi) is 5.85. The number of amides is 2. The molecule has 6 heteroatoms. The molecule has 0 bridgehead atoms. The van der Waals surface area contributed by atoms with Crippen molar-refractivity contribution in [3.05, 3.63) is 45.3 Å². The molecular weight excluding hydrogens is 336 g/mol. The highest BCUT2D eigenvalue weighted by molar-refractivity contribution is 7.16. The lowest BCUT2D eigenvalue weighted by molar-refractivity contribution is -0.118. The summed E-state index contributed by atoms with van der Waals surface area (Å²) in [6.45, 7) is 9.87. The standard InChI is InChI=1S/C19H24N2O3S/c1-10(2)15-7-6-14(8-11(15)3)24-9-16(22)21-19-17(18(20)23)12(4)13(5)25-19/h6-8,10H,9H2,1-5H3,(H2,20,23)(H,21,22). The van der Waals surface area contributed by atoms with E-state index in [0.717, 1.165) is 16.0 Å². The molecule has 0 spiro atoms. The molecule has 5 nitrogen and oxygen atoms in total. The highest BCUT2D eigenvalue weighted by Crippen LogP contribution is 2.32. The third-order valence-electron chi connectivity index (χ3n) is 4.12. The fourth-order valence-corrected chi connectivity index (χ4v) is 3.79. The van der Waals surface area contributed by atoms with Gasteiger partial charge in [0.15, 0.2) is 6.61 Å². The van der Waals surface area contributed by atoms with Crippen LogP contribution in [-0.2, 0) is 4.79 Å². The van der Waals surface area contributed by atoms with Gasteiger partial charge in [0, 0.05) is 4.88 Å². The molecule has 2 aromatic rings. The Balaban J connectivity index is 2.03. The van der Waals surface area contributed by atoms with E-state index in [1.807, 2.05) is 39.0 Å². The van der Waals surface area contributed by atoms with E-state index in [2.05, 4.69) is 19.2 Å². The number of thiophene rings is 1. The van der Waals surface area contributed by atoms with Gasteiger partial charge in [0.1, 0.15) is 10.8 Å². The van der Waals surface area contributed by atoms with Gasteiger partial charge in [-0.05, 0) is 55.5 Å². The van der Waals surface area contributed by atoms with Gasteiger partial charge in [-0.1, -0.05) is 19.9 Å². The average molecular weight is 360 g/mol. The van der Waals surface area contributed by atoms with Gasteiger partial charge < -0.3 is 15.8 Å². The van der Waals surface area contributed by atoms with E-state index in [1.54, 1.807) is 0 Å². The maximum Gasteiger partial charge on any atom is 0.262 e. The predicted molar refractivity (Wildman–Crippen MR) is 102 cm³/mol. The van der Waals surface area contributed by atoms with Crippen molar-refractivity contribution in [1.82, 2.24) is 0 Å². The Hall–Kier alpha value is -2.34. The van der Waals surface area contributed by atoms with Crippen molar-refractivity contribution < 1.29 is 14.3 Å². The fourth-order valence-electron chi connectivity index (χ4n) is 2.71. The third-order valence-corrected chi connectivity index (χ3v) is 5.24. The second-order valence-corrected chi connectivity index (χ2v) is 7.59. The van der Waals surface area contributed by atoms with Gasteiger partial charge >= 0.3 is 0 Å². The Bertz CT molecular complexity index is 809. The summed E-state index contributed by atoms with van der Waals surface area (Å²) in [7, 11) is 0. The van der Waals surface area contributed by atoms with Gasteiger partial charge in [-0.15, -0.1) is 11.3 Å². The monoisotopic (exact) mass is 360 g/mol. The summed E-state index contributed by atoms with van der Waals surface area (Å²) in [5, 5.41) is 3.20. The average Bonchev–Trinajstić information content (AvgIpc) is 2.79. The van der Waals surface area contributed by atoms with Gasteiger partial charge in [0.2, 0.25) is 0 Å². The zero-order chi connectivity index (χ0) is 18.7. The van der Waals surface area contributed by atoms with Crippen LogP contribution in [0.5, 0.6) is 5.75 Å². The number of benzene rings is 1. The fraction of sp³-hybridized carbons (Fsp3) is 0.368. The smallest absolute Gasteiger partial charge is 0.262 e. The number of carbonyl (C=O) groups excluding carboxylic acids is 2. The number of aryl methyl sites for hydroxylation is 2. The quantitative estimate of drug-likeness (QED) is 0.819. The minimum Gasteiger partial charge on any atom is -0.484 e. The van der Waals surface area contributed by atoms with E-state index in [9.17, 15) is 9.59 Å². The van der Waals surface area contributed by atoms with E-state index in [-0.39, 0.29) is 12.5 Å². The number of anilines is 1. The first-order valence-electron chi connectivity index (χ1n) is 8.13. The minimum atomic E-state index is -0.544. The molecule has 1 heterocycles. The van der Waals surface area contributed by atoms with Crippen molar-refractivity contribution in [2.75, 3.05) is 11.9 Å². The van der Waals surface area contributed by atoms with Crippen LogP contribution >= 0.6 is 11.3 Å². The van der Waals surface area contributed by atoms with E-state index < -0.39 is 5.91 Å². The number of hydrogen-bond donors (Lipinski definition) is 2. The maximum atomic E-state index is 12.2. The van der Waals surface area contributed by atoms with Crippen LogP contribution in [0.4, 0.5) is 5.00 Å². The van der Waals surface area contributed by atoms with Crippen LogP contribution in [0.15, 0.2) is 18.2 Å². The number of hydrogen-bond acceptors (Lipinski definition) is 4. The Labute approximate surface area is 152 Å². The van der Waals surface area contributed by atoms with Gasteiger partial charge in [0.25, 0.3) is 11.8 Å². The predicted octanol–water partition coefficient (Wildman–Crippen LogP) is 3.91. The molecule has 0 aliphatic rings. The number of nitrogens with one attached hydrogen (secondary N) is 1. The molecule has 0 saturated carbocycles. The lowest BCUT2D eigenvalue weighted by Gasteiger charge is -2.12. The molecule has 1 aromatic heterocycles. The molecule has 0 saturated heterocycles. The van der Waals surface area contributed by atoms with E-state index in [0.29, 0.717) is 22.2 Å². The first kappa shape index (κ1) is 19.0. The van der Waals surface area contributed by atoms with Crippen LogP contribution in [0, 0.1) is 20.8 Å². The summed E-state index contributed by atoms with van der Waals surface area (Å²) < 4.78 is 5.57. The number of nitrogens with two attached hydrogens (primary N) is 1. The molecule has 0 radical (unpaired) electrons. The Morgan fingerprint density at radius 1 is 1.24 bits per heavy atom. The van der Waals surface area contributed by atoms with Crippen LogP contribution in [-0.4, -0.2) is 18.4 Å². The summed E-state index contributed by atoms with van der Waals surface area (Å²) >= 11 is 1.34. The summed E-state index contributed by atoms with van der Waals surface area (Å²) in [4.78, 5) is 24.7. The summed E-state index contributed by atoms with van der Waals surface area (Å²) in [6.07, 6.45) is 0. The van der Waals surface area contributed by atoms with Crippen LogP contribution in [0.1, 0.15) is 51.7 Å². The van der Waals surface area contributed by atoms with Gasteiger partial charge in [0.05, 0.1) is 5.56 Å². The minimum absolute atomic E-state index is 0.130. The van der Waals surface area contributed by atoms with Crippen molar-refractivity contribution in [3.8, 4) is 5.75 Å². The van der Waals surface area contributed by atoms with Crippen LogP contribution < -0.4 is 15.8 Å². The van der Waals surface area contributed by atoms with Crippen molar-refractivity contribution >= 4 is 28.2 Å². The molecule has 0 atom stereocenters. The van der Waals surface area contributed by atoms with Crippen molar-refractivity contribution in [3.63, 3.8) is 0 Å². The first-order chi connectivity index (χ1) is 11.7. The number of primary amides is 1. The molecule has 0 aliphatic carbocycles. The summed E-state index contributed by atoms with van der Waals surface area (Å²) in [6, 6.07) is 5.81. The van der Waals surface area contributed by atoms with Crippen molar-refractivity contribution in [1.29, 1.82) is 0 Å². The molecule has 134 valence electrons. The second kappa shape index (κ2) is 7.70. The van der Waals surface area contributed by atoms with Gasteiger partial charge in [-0.3, -0.25) is 9.59 Å². The lowest BCUT2D eigenvalue weighted by Crippen LogP contribution is -2.22. The zero-order valence-electron chi connectivity index (χ0n) is 15.2. The van der Waals surface area contributed by atoms with E-state index in [1.165, 1.54) is 16.9 Å². The highest BCUT2D eigenvalue weighted by atomic mass is 32.1. The molecular formula is C19H24N2O3S. The first-order valence-corrected chi connectivity index (χ1v) is 8.95. The largest absolute Gasteiger partial charge is 0.484 e. The number of carbonyl (C=O) groups is 2. The van der Waals surface area contributed by atoms with Crippen LogP contribution in [0.25, 0.3) is 0 Å². The van der Waals surface area contributed by atoms with Crippen molar-refractivity contribution in [2.45, 2.75) is 40.5 Å². The summed E-state index contributed by atoms with van der Waals surface area (Å²) in [5.74, 6) is 0.216. The van der Waals surface area contributed by atoms with Crippen LogP contribution in [0.2, 0.25) is 0 Å². The maximum absolute atomic E-state index is 12.2. The molecule has 2 amide bonds. The molecule has 25 heavy (non-hydrogen) atoms. The van der Waals surface area contributed by atoms with Crippen LogP contribution in [0.3, 0.4) is 0 Å². The number of ether oxygens (including phenoxy) is 1. The molecule has 2 rings (SSSR count). The van der Waals surface area contributed by atoms with E-state index >= 15 is 0 Å². The second-order valence-electron chi connectivity index (χ2n) is 6.36. The molecule has 0 fully saturated rings. The van der Waals surface area contributed by atoms with E-state index in [4.69, 9.17) is 10.5 Å². The molecule has 0 unspecified atom stereocenters. The van der Waals surface area contributed by atoms with Crippen molar-refractivity contribution in [2.24, 2.45) is 5.73 Å². The van der Waals surface area contributed by atoms with Gasteiger partial charge in [-0.25, -0.2) is 0 Å². The topological polar surface area (TPSA) is 81.4 Å². The SMILES string of the molecule is Cc1cc(OCC(=O)Nc2sc(C)c(C)c2C(N)=O)ccc1C(C)C. The summed E-state index contributed by atoms with van der Waals surface area (Å²) in [5.41, 5.74) is 8.97. The highest BCUT2D eigenvalue weighted by Gasteiger charge is 2.19. The molecule has 3 N–H and O–H groups in total. The molecule has 0 aliphatic heterocycles. The Morgan fingerprint density at radius 2 is 1.92 bits per heavy atom. The zero-order valence-corrected chi connectivity index (χ0v) is 16.0. The Morgan fingerprint density at radius 3 is 2.48 bits per heavy atom. The third kappa shape index (κ3) is 4.39. The number of rotatable bonds is 6. The lowest BCUT2D eigenvalue weighted by atomic mass is 9.98. The van der Waals surface area contributed by atoms with Gasteiger partial charge in [-0.2, -0.15) is 0 Å². The molecule has 1 aromatic carbocycles.